The predicted molar refractivity (Wildman–Crippen MR) is 56.5 cm³/mol. The van der Waals surface area contributed by atoms with E-state index in [9.17, 15) is 18.9 Å². The molecule has 8 heteroatoms. The summed E-state index contributed by atoms with van der Waals surface area (Å²) in [7, 11) is 0. The highest BCUT2D eigenvalue weighted by Crippen LogP contribution is 2.31. The van der Waals surface area contributed by atoms with Gasteiger partial charge in [0.05, 0.1) is 9.13 Å². The maximum absolute atomic E-state index is 12.6. The second-order valence-electron chi connectivity index (χ2n) is 2.58. The third-order valence-electron chi connectivity index (χ3n) is 1.75. The topological polar surface area (TPSA) is 82.0 Å². The van der Waals surface area contributed by atoms with E-state index in [2.05, 4.69) is 4.98 Å². The van der Waals surface area contributed by atoms with Crippen LogP contribution in [0.25, 0.3) is 0 Å². The smallest absolute Gasteiger partial charge is 0.358 e. The third-order valence-corrected chi connectivity index (χ3v) is 2.61. The molecule has 15 heavy (non-hydrogen) atoms. The van der Waals surface area contributed by atoms with Gasteiger partial charge in [0.1, 0.15) is 0 Å². The van der Waals surface area contributed by atoms with Gasteiger partial charge in [-0.3, -0.25) is 0 Å². The molecule has 0 saturated carbocycles. The van der Waals surface area contributed by atoms with Gasteiger partial charge in [-0.25, -0.2) is 8.78 Å². The Morgan fingerprint density at radius 2 is 2.27 bits per heavy atom. The van der Waals surface area contributed by atoms with Crippen molar-refractivity contribution in [3.8, 4) is 0 Å². The Bertz CT molecular complexity index is 400. The molecule has 82 valence electrons. The minimum atomic E-state index is -2.79. The van der Waals surface area contributed by atoms with Gasteiger partial charge in [-0.15, -0.1) is 0 Å². The molecule has 0 amide bonds. The highest BCUT2D eigenvalue weighted by Gasteiger charge is 2.26. The molecule has 1 rings (SSSR count). The summed E-state index contributed by atoms with van der Waals surface area (Å²) in [6, 6.07) is 0. The van der Waals surface area contributed by atoms with Crippen molar-refractivity contribution in [2.75, 3.05) is 0 Å². The van der Waals surface area contributed by atoms with Crippen molar-refractivity contribution in [2.24, 2.45) is 5.73 Å². The van der Waals surface area contributed by atoms with Crippen molar-refractivity contribution >= 4 is 28.4 Å². The van der Waals surface area contributed by atoms with Gasteiger partial charge in [-0.05, 0) is 32.5 Å². The third kappa shape index (κ3) is 2.37. The Balaban J connectivity index is 3.47. The first-order chi connectivity index (χ1) is 6.99. The lowest BCUT2D eigenvalue weighted by Crippen LogP contribution is -2.09. The number of nitrogens with two attached hydrogens (primary N) is 1. The Labute approximate surface area is 97.0 Å². The molecule has 5 nitrogen and oxygen atoms in total. The molecule has 0 radical (unpaired) electrons. The standard InChI is InChI=1S/C7H6F2IN3O2/c8-6(9)5-3(1-11)7(13(14)15)12-2-4(5)10/h2,6H,1,11H2. The van der Waals surface area contributed by atoms with Crippen molar-refractivity contribution in [1.82, 2.24) is 4.98 Å². The van der Waals surface area contributed by atoms with E-state index in [1.807, 2.05) is 0 Å². The Hall–Kier alpha value is -0.900. The van der Waals surface area contributed by atoms with E-state index in [0.29, 0.717) is 0 Å². The molecule has 0 aliphatic rings. The lowest BCUT2D eigenvalue weighted by molar-refractivity contribution is -0.390. The zero-order valence-corrected chi connectivity index (χ0v) is 9.44. The van der Waals surface area contributed by atoms with Crippen LogP contribution in [-0.4, -0.2) is 9.91 Å². The zero-order valence-electron chi connectivity index (χ0n) is 7.28. The summed E-state index contributed by atoms with van der Waals surface area (Å²) in [5.41, 5.74) is 4.61. The average molecular weight is 329 g/mol. The maximum Gasteiger partial charge on any atom is 0.368 e. The lowest BCUT2D eigenvalue weighted by Gasteiger charge is -2.07. The molecule has 0 atom stereocenters. The van der Waals surface area contributed by atoms with E-state index in [-0.39, 0.29) is 15.7 Å². The Kier molecular flexibility index (Phi) is 3.85. The Morgan fingerprint density at radius 3 is 2.67 bits per heavy atom. The molecule has 0 aromatic carbocycles. The number of hydrogen-bond donors (Lipinski definition) is 1. The highest BCUT2D eigenvalue weighted by molar-refractivity contribution is 14.1. The van der Waals surface area contributed by atoms with Crippen LogP contribution in [0.1, 0.15) is 17.6 Å². The first-order valence-corrected chi connectivity index (χ1v) is 4.86. The van der Waals surface area contributed by atoms with Crippen molar-refractivity contribution < 1.29 is 13.7 Å². The van der Waals surface area contributed by atoms with Crippen molar-refractivity contribution in [3.63, 3.8) is 0 Å². The normalized spacial score (nSPS) is 10.7. The maximum atomic E-state index is 12.6. The number of hydrogen-bond acceptors (Lipinski definition) is 4. The monoisotopic (exact) mass is 329 g/mol. The molecular formula is C7H6F2IN3O2. The van der Waals surface area contributed by atoms with E-state index < -0.39 is 22.7 Å². The summed E-state index contributed by atoms with van der Waals surface area (Å²) >= 11 is 1.64. The van der Waals surface area contributed by atoms with Gasteiger partial charge in [0.25, 0.3) is 6.43 Å². The second kappa shape index (κ2) is 4.75. The summed E-state index contributed by atoms with van der Waals surface area (Å²) in [5, 5.41) is 10.5. The number of pyridine rings is 1. The minimum Gasteiger partial charge on any atom is -0.358 e. The lowest BCUT2D eigenvalue weighted by atomic mass is 10.1. The number of nitrogens with zero attached hydrogens (tertiary/aromatic N) is 2. The zero-order chi connectivity index (χ0) is 11.6. The van der Waals surface area contributed by atoms with Crippen LogP contribution in [0, 0.1) is 13.7 Å². The number of aromatic nitrogens is 1. The van der Waals surface area contributed by atoms with Crippen molar-refractivity contribution in [1.29, 1.82) is 0 Å². The number of rotatable bonds is 3. The summed E-state index contributed by atoms with van der Waals surface area (Å²) in [6.07, 6.45) is -1.75. The SMILES string of the molecule is NCc1c([N+](=O)[O-])ncc(I)c1C(F)F. The van der Waals surface area contributed by atoms with Crippen LogP contribution >= 0.6 is 22.6 Å². The molecule has 2 N–H and O–H groups in total. The van der Waals surface area contributed by atoms with Gasteiger partial charge >= 0.3 is 5.82 Å². The van der Waals surface area contributed by atoms with Gasteiger partial charge in [0.2, 0.25) is 0 Å². The van der Waals surface area contributed by atoms with E-state index in [4.69, 9.17) is 5.73 Å². The van der Waals surface area contributed by atoms with E-state index in [1.54, 1.807) is 22.6 Å². The summed E-state index contributed by atoms with van der Waals surface area (Å²) in [4.78, 5) is 13.2. The van der Waals surface area contributed by atoms with Gasteiger partial charge in [0, 0.05) is 12.1 Å². The molecule has 0 saturated heterocycles. The minimum absolute atomic E-state index is 0.175. The van der Waals surface area contributed by atoms with Crippen LogP contribution in [-0.2, 0) is 6.54 Å². The fourth-order valence-corrected chi connectivity index (χ4v) is 1.82. The molecule has 0 spiro atoms. The molecule has 0 fully saturated rings. The molecular weight excluding hydrogens is 323 g/mol. The first kappa shape index (κ1) is 12.2. The fraction of sp³-hybridized carbons (Fsp3) is 0.286. The average Bonchev–Trinajstić information content (AvgIpc) is 2.15. The highest BCUT2D eigenvalue weighted by atomic mass is 127. The van der Waals surface area contributed by atoms with Crippen LogP contribution in [0.15, 0.2) is 6.20 Å². The second-order valence-corrected chi connectivity index (χ2v) is 3.75. The Morgan fingerprint density at radius 1 is 1.67 bits per heavy atom. The summed E-state index contributed by atoms with van der Waals surface area (Å²) < 4.78 is 25.4. The van der Waals surface area contributed by atoms with Gasteiger partial charge in [-0.1, -0.05) is 0 Å². The molecule has 1 aromatic heterocycles. The number of alkyl halides is 2. The predicted octanol–water partition coefficient (Wildman–Crippen LogP) is 1.99. The largest absolute Gasteiger partial charge is 0.368 e. The van der Waals surface area contributed by atoms with Gasteiger partial charge < -0.3 is 15.8 Å². The van der Waals surface area contributed by atoms with Crippen LogP contribution in [0.2, 0.25) is 0 Å². The van der Waals surface area contributed by atoms with E-state index in [1.165, 1.54) is 0 Å². The molecule has 1 heterocycles. The van der Waals surface area contributed by atoms with E-state index in [0.717, 1.165) is 6.20 Å². The fourth-order valence-electron chi connectivity index (χ4n) is 1.12. The molecule has 0 bridgehead atoms. The van der Waals surface area contributed by atoms with Crippen LogP contribution < -0.4 is 5.73 Å². The van der Waals surface area contributed by atoms with Gasteiger partial charge in [0.15, 0.2) is 6.20 Å². The molecule has 0 aliphatic heterocycles. The first-order valence-electron chi connectivity index (χ1n) is 3.79. The van der Waals surface area contributed by atoms with Crippen molar-refractivity contribution in [2.45, 2.75) is 13.0 Å². The number of halogens is 3. The van der Waals surface area contributed by atoms with Crippen LogP contribution in [0.3, 0.4) is 0 Å². The summed E-state index contributed by atoms with van der Waals surface area (Å²) in [5.74, 6) is -0.604. The summed E-state index contributed by atoms with van der Waals surface area (Å²) in [6.45, 7) is -0.334. The van der Waals surface area contributed by atoms with Crippen molar-refractivity contribution in [3.05, 3.63) is 31.0 Å². The molecule has 1 aromatic rings. The van der Waals surface area contributed by atoms with Crippen LogP contribution in [0.5, 0.6) is 0 Å². The van der Waals surface area contributed by atoms with Crippen LogP contribution in [0.4, 0.5) is 14.6 Å². The van der Waals surface area contributed by atoms with E-state index >= 15 is 0 Å². The molecule has 0 unspecified atom stereocenters. The quantitative estimate of drug-likeness (QED) is 0.522. The number of nitro groups is 1. The molecule has 0 aliphatic carbocycles. The van der Waals surface area contributed by atoms with Gasteiger partial charge in [-0.2, -0.15) is 0 Å².